The van der Waals surface area contributed by atoms with Gasteiger partial charge in [-0.1, -0.05) is 6.42 Å². The average Bonchev–Trinajstić information content (AvgIpc) is 1.96. The molecule has 0 aromatic heterocycles. The van der Waals surface area contributed by atoms with E-state index in [2.05, 4.69) is 24.2 Å². The van der Waals surface area contributed by atoms with Crippen LogP contribution in [-0.2, 0) is 0 Å². The monoisotopic (exact) mass is 170 g/mol. The first-order valence-corrected chi connectivity index (χ1v) is 5.12. The van der Waals surface area contributed by atoms with Gasteiger partial charge in [0.1, 0.15) is 0 Å². The number of hydrogen-bond donors (Lipinski definition) is 1. The lowest BCUT2D eigenvalue weighted by molar-refractivity contribution is 0.114. The molecule has 1 rings (SSSR count). The summed E-state index contributed by atoms with van der Waals surface area (Å²) in [5.41, 5.74) is 0. The van der Waals surface area contributed by atoms with Crippen molar-refractivity contribution in [2.24, 2.45) is 0 Å². The van der Waals surface area contributed by atoms with Crippen LogP contribution in [0, 0.1) is 0 Å². The molecule has 0 aliphatic heterocycles. The van der Waals surface area contributed by atoms with Crippen LogP contribution in [-0.4, -0.2) is 37.6 Å². The minimum Gasteiger partial charge on any atom is -0.320 e. The van der Waals surface area contributed by atoms with Crippen molar-refractivity contribution in [3.63, 3.8) is 0 Å². The molecule has 0 heterocycles. The Morgan fingerprint density at radius 3 is 2.58 bits per heavy atom. The number of nitrogens with one attached hydrogen (secondary N) is 1. The molecule has 1 atom stereocenters. The molecule has 1 aliphatic rings. The third-order valence-corrected chi connectivity index (χ3v) is 3.16. The molecule has 0 saturated heterocycles. The Bertz CT molecular complexity index is 121. The van der Waals surface area contributed by atoms with Crippen molar-refractivity contribution < 1.29 is 0 Å². The standard InChI is InChI=1S/C10H22N2/c1-9(7-8-11-2)12(3)10-5-4-6-10/h9-11H,4-8H2,1-3H3. The van der Waals surface area contributed by atoms with Crippen molar-refractivity contribution in [1.82, 2.24) is 10.2 Å². The highest BCUT2D eigenvalue weighted by molar-refractivity contribution is 4.81. The fourth-order valence-electron chi connectivity index (χ4n) is 1.71. The van der Waals surface area contributed by atoms with E-state index in [0.29, 0.717) is 0 Å². The summed E-state index contributed by atoms with van der Waals surface area (Å²) in [5, 5.41) is 3.20. The highest BCUT2D eigenvalue weighted by Crippen LogP contribution is 2.25. The van der Waals surface area contributed by atoms with Crippen LogP contribution in [0.4, 0.5) is 0 Å². The van der Waals surface area contributed by atoms with E-state index in [9.17, 15) is 0 Å². The first-order valence-electron chi connectivity index (χ1n) is 5.12. The third kappa shape index (κ3) is 2.46. The topological polar surface area (TPSA) is 15.3 Å². The number of hydrogen-bond acceptors (Lipinski definition) is 2. The Hall–Kier alpha value is -0.0800. The first kappa shape index (κ1) is 10.0. The zero-order chi connectivity index (χ0) is 8.97. The highest BCUT2D eigenvalue weighted by Gasteiger charge is 2.24. The minimum absolute atomic E-state index is 0.739. The lowest BCUT2D eigenvalue weighted by Crippen LogP contribution is -2.43. The predicted molar refractivity (Wildman–Crippen MR) is 53.4 cm³/mol. The van der Waals surface area contributed by atoms with Gasteiger partial charge < -0.3 is 10.2 Å². The molecule has 0 radical (unpaired) electrons. The van der Waals surface area contributed by atoms with Crippen molar-refractivity contribution in [2.45, 2.75) is 44.7 Å². The van der Waals surface area contributed by atoms with Gasteiger partial charge in [-0.05, 0) is 46.8 Å². The molecule has 1 unspecified atom stereocenters. The van der Waals surface area contributed by atoms with E-state index in [4.69, 9.17) is 0 Å². The van der Waals surface area contributed by atoms with Crippen molar-refractivity contribution in [2.75, 3.05) is 20.6 Å². The molecule has 1 fully saturated rings. The van der Waals surface area contributed by atoms with Crippen LogP contribution in [0.1, 0.15) is 32.6 Å². The van der Waals surface area contributed by atoms with E-state index >= 15 is 0 Å². The second-order valence-corrected chi connectivity index (χ2v) is 3.99. The van der Waals surface area contributed by atoms with Gasteiger partial charge in [-0.15, -0.1) is 0 Å². The quantitative estimate of drug-likeness (QED) is 0.672. The van der Waals surface area contributed by atoms with Gasteiger partial charge in [-0.3, -0.25) is 0 Å². The maximum Gasteiger partial charge on any atom is 0.00950 e. The van der Waals surface area contributed by atoms with Crippen molar-refractivity contribution >= 4 is 0 Å². The largest absolute Gasteiger partial charge is 0.320 e. The number of nitrogens with zero attached hydrogens (tertiary/aromatic N) is 1. The second-order valence-electron chi connectivity index (χ2n) is 3.99. The van der Waals surface area contributed by atoms with Crippen molar-refractivity contribution in [3.05, 3.63) is 0 Å². The summed E-state index contributed by atoms with van der Waals surface area (Å²) in [6.07, 6.45) is 5.54. The molecule has 2 nitrogen and oxygen atoms in total. The molecule has 1 aliphatic carbocycles. The molecule has 2 heteroatoms. The van der Waals surface area contributed by atoms with Crippen molar-refractivity contribution in [1.29, 1.82) is 0 Å². The highest BCUT2D eigenvalue weighted by atomic mass is 15.2. The first-order chi connectivity index (χ1) is 5.75. The average molecular weight is 170 g/mol. The fraction of sp³-hybridized carbons (Fsp3) is 1.00. The summed E-state index contributed by atoms with van der Waals surface area (Å²) in [6, 6.07) is 1.62. The van der Waals surface area contributed by atoms with Crippen molar-refractivity contribution in [3.8, 4) is 0 Å². The maximum absolute atomic E-state index is 3.20. The SMILES string of the molecule is CNCCC(C)N(C)C1CCC1. The molecular weight excluding hydrogens is 148 g/mol. The van der Waals surface area contributed by atoms with Gasteiger partial charge in [0.25, 0.3) is 0 Å². The summed E-state index contributed by atoms with van der Waals surface area (Å²) >= 11 is 0. The van der Waals surface area contributed by atoms with Gasteiger partial charge in [-0.25, -0.2) is 0 Å². The molecule has 0 aromatic carbocycles. The van der Waals surface area contributed by atoms with Gasteiger partial charge in [0.05, 0.1) is 0 Å². The Morgan fingerprint density at radius 1 is 1.50 bits per heavy atom. The Morgan fingerprint density at radius 2 is 2.17 bits per heavy atom. The van der Waals surface area contributed by atoms with Crippen LogP contribution in [0.2, 0.25) is 0 Å². The van der Waals surface area contributed by atoms with E-state index in [0.717, 1.165) is 18.6 Å². The lowest BCUT2D eigenvalue weighted by atomic mass is 9.90. The van der Waals surface area contributed by atoms with Gasteiger partial charge in [-0.2, -0.15) is 0 Å². The van der Waals surface area contributed by atoms with Gasteiger partial charge in [0.15, 0.2) is 0 Å². The van der Waals surface area contributed by atoms with Crippen LogP contribution in [0.25, 0.3) is 0 Å². The lowest BCUT2D eigenvalue weighted by Gasteiger charge is -2.38. The predicted octanol–water partition coefficient (Wildman–Crippen LogP) is 1.47. The maximum atomic E-state index is 3.20. The normalized spacial score (nSPS) is 21.0. The van der Waals surface area contributed by atoms with E-state index in [1.807, 2.05) is 7.05 Å². The molecule has 1 saturated carbocycles. The minimum atomic E-state index is 0.739. The van der Waals surface area contributed by atoms with Crippen LogP contribution in [0.15, 0.2) is 0 Å². The van der Waals surface area contributed by atoms with Crippen LogP contribution >= 0.6 is 0 Å². The Labute approximate surface area is 76.3 Å². The van der Waals surface area contributed by atoms with E-state index in [1.165, 1.54) is 25.7 Å². The smallest absolute Gasteiger partial charge is 0.00950 e. The molecule has 12 heavy (non-hydrogen) atoms. The van der Waals surface area contributed by atoms with E-state index < -0.39 is 0 Å². The Kier molecular flexibility index (Phi) is 4.02. The van der Waals surface area contributed by atoms with E-state index in [-0.39, 0.29) is 0 Å². The van der Waals surface area contributed by atoms with Gasteiger partial charge in [0, 0.05) is 12.1 Å². The molecular formula is C10H22N2. The Balaban J connectivity index is 2.15. The summed E-state index contributed by atoms with van der Waals surface area (Å²) in [4.78, 5) is 2.54. The molecule has 72 valence electrons. The van der Waals surface area contributed by atoms with Crippen LogP contribution in [0.5, 0.6) is 0 Å². The van der Waals surface area contributed by atoms with Gasteiger partial charge in [0.2, 0.25) is 0 Å². The van der Waals surface area contributed by atoms with Gasteiger partial charge >= 0.3 is 0 Å². The molecule has 1 N–H and O–H groups in total. The summed E-state index contributed by atoms with van der Waals surface area (Å²) in [6.45, 7) is 3.47. The zero-order valence-electron chi connectivity index (χ0n) is 8.64. The molecule has 0 spiro atoms. The second kappa shape index (κ2) is 4.83. The zero-order valence-corrected chi connectivity index (χ0v) is 8.64. The third-order valence-electron chi connectivity index (χ3n) is 3.16. The molecule has 0 aromatic rings. The number of rotatable bonds is 5. The van der Waals surface area contributed by atoms with Crippen LogP contribution in [0.3, 0.4) is 0 Å². The molecule has 0 bridgehead atoms. The fourth-order valence-corrected chi connectivity index (χ4v) is 1.71. The molecule has 0 amide bonds. The van der Waals surface area contributed by atoms with E-state index in [1.54, 1.807) is 0 Å². The summed E-state index contributed by atoms with van der Waals surface area (Å²) in [7, 11) is 4.29. The summed E-state index contributed by atoms with van der Waals surface area (Å²) < 4.78 is 0. The van der Waals surface area contributed by atoms with Crippen LogP contribution < -0.4 is 5.32 Å². The summed E-state index contributed by atoms with van der Waals surface area (Å²) in [5.74, 6) is 0.